The third-order valence-corrected chi connectivity index (χ3v) is 3.60. The van der Waals surface area contributed by atoms with Gasteiger partial charge in [-0.2, -0.15) is 0 Å². The predicted molar refractivity (Wildman–Crippen MR) is 58.2 cm³/mol. The van der Waals surface area contributed by atoms with E-state index in [1.807, 2.05) is 0 Å². The third-order valence-electron chi connectivity index (χ3n) is 3.60. The molecule has 1 unspecified atom stereocenters. The van der Waals surface area contributed by atoms with Crippen LogP contribution in [0.4, 0.5) is 0 Å². The number of nitrogens with one attached hydrogen (secondary N) is 1. The summed E-state index contributed by atoms with van der Waals surface area (Å²) in [6, 6.07) is 0. The van der Waals surface area contributed by atoms with Gasteiger partial charge < -0.3 is 10.4 Å². The normalized spacial score (nSPS) is 31.6. The minimum absolute atomic E-state index is 0.260. The predicted octanol–water partition coefficient (Wildman–Crippen LogP) is 1.85. The van der Waals surface area contributed by atoms with Gasteiger partial charge in [-0.25, -0.2) is 0 Å². The van der Waals surface area contributed by atoms with E-state index in [9.17, 15) is 5.11 Å². The maximum Gasteiger partial charge on any atom is 0.0848 e. The first kappa shape index (κ1) is 10.2. The molecule has 0 spiro atoms. The second kappa shape index (κ2) is 4.03. The lowest BCUT2D eigenvalue weighted by atomic mass is 9.81. The lowest BCUT2D eigenvalue weighted by molar-refractivity contribution is 0.209. The highest BCUT2D eigenvalue weighted by molar-refractivity contribution is 5.13. The first-order valence-corrected chi connectivity index (χ1v) is 5.76. The number of hydrogen-bond acceptors (Lipinski definition) is 2. The summed E-state index contributed by atoms with van der Waals surface area (Å²) < 4.78 is 0. The van der Waals surface area contributed by atoms with Gasteiger partial charge in [0.25, 0.3) is 0 Å². The van der Waals surface area contributed by atoms with Crippen molar-refractivity contribution in [1.29, 1.82) is 0 Å². The van der Waals surface area contributed by atoms with Gasteiger partial charge in [0.05, 0.1) is 6.10 Å². The highest BCUT2D eigenvalue weighted by atomic mass is 16.3. The van der Waals surface area contributed by atoms with E-state index in [0.29, 0.717) is 5.41 Å². The van der Waals surface area contributed by atoms with Gasteiger partial charge in [-0.1, -0.05) is 31.4 Å². The van der Waals surface area contributed by atoms with Crippen molar-refractivity contribution in [3.63, 3.8) is 0 Å². The molecule has 0 amide bonds. The molecular weight excluding hydrogens is 174 g/mol. The summed E-state index contributed by atoms with van der Waals surface area (Å²) in [6.45, 7) is 4.09. The lowest BCUT2D eigenvalue weighted by Crippen LogP contribution is -2.33. The van der Waals surface area contributed by atoms with Gasteiger partial charge in [-0.05, 0) is 24.7 Å². The van der Waals surface area contributed by atoms with Crippen LogP contribution in [0.2, 0.25) is 0 Å². The van der Waals surface area contributed by atoms with Crippen LogP contribution >= 0.6 is 0 Å². The van der Waals surface area contributed by atoms with Gasteiger partial charge in [0.2, 0.25) is 0 Å². The van der Waals surface area contributed by atoms with Gasteiger partial charge in [-0.15, -0.1) is 0 Å². The van der Waals surface area contributed by atoms with Crippen molar-refractivity contribution in [2.75, 3.05) is 13.1 Å². The van der Waals surface area contributed by atoms with E-state index in [4.69, 9.17) is 0 Å². The maximum atomic E-state index is 9.50. The van der Waals surface area contributed by atoms with E-state index in [1.54, 1.807) is 0 Å². The summed E-state index contributed by atoms with van der Waals surface area (Å²) in [5.74, 6) is 0. The molecule has 2 heteroatoms. The molecule has 14 heavy (non-hydrogen) atoms. The Morgan fingerprint density at radius 1 is 1.50 bits per heavy atom. The zero-order valence-electron chi connectivity index (χ0n) is 9.05. The number of hydrogen-bond donors (Lipinski definition) is 2. The van der Waals surface area contributed by atoms with Gasteiger partial charge in [0.1, 0.15) is 0 Å². The number of rotatable bonds is 2. The molecule has 2 nitrogen and oxygen atoms in total. The van der Waals surface area contributed by atoms with Crippen LogP contribution in [0.15, 0.2) is 11.6 Å². The summed E-state index contributed by atoms with van der Waals surface area (Å²) in [4.78, 5) is 0. The fourth-order valence-electron chi connectivity index (χ4n) is 2.85. The molecule has 0 aromatic heterocycles. The van der Waals surface area contributed by atoms with Crippen molar-refractivity contribution in [1.82, 2.24) is 5.32 Å². The van der Waals surface area contributed by atoms with Gasteiger partial charge in [-0.3, -0.25) is 0 Å². The van der Waals surface area contributed by atoms with E-state index in [0.717, 1.165) is 13.1 Å². The lowest BCUT2D eigenvalue weighted by Gasteiger charge is -2.28. The number of β-amino-alcohol motifs (C(OH)–C–C–N with tert-alkyl or cyclic N) is 1. The molecule has 1 atom stereocenters. The zero-order chi connectivity index (χ0) is 10.0. The maximum absolute atomic E-state index is 9.50. The van der Waals surface area contributed by atoms with E-state index in [2.05, 4.69) is 18.3 Å². The Morgan fingerprint density at radius 3 is 2.86 bits per heavy atom. The Bertz CT molecular complexity index is 228. The number of aliphatic hydroxyl groups excluding tert-OH is 1. The Balaban J connectivity index is 1.95. The molecule has 0 aromatic rings. The summed E-state index contributed by atoms with van der Waals surface area (Å²) in [5.41, 5.74) is 1.93. The van der Waals surface area contributed by atoms with Crippen molar-refractivity contribution in [3.05, 3.63) is 11.6 Å². The van der Waals surface area contributed by atoms with Crippen LogP contribution in [-0.2, 0) is 0 Å². The largest absolute Gasteiger partial charge is 0.388 e. The topological polar surface area (TPSA) is 32.3 Å². The van der Waals surface area contributed by atoms with Crippen LogP contribution in [0.3, 0.4) is 0 Å². The molecule has 2 aliphatic rings. The van der Waals surface area contributed by atoms with Gasteiger partial charge >= 0.3 is 0 Å². The van der Waals surface area contributed by atoms with E-state index in [1.165, 1.54) is 37.7 Å². The molecular formula is C12H21NO. The molecule has 1 heterocycles. The standard InChI is InChI=1S/C12H21NO/c1-12(4-2-3-5-12)7-10-6-11(14)9-13-8-10/h6,11,13-14H,2-5,7-9H2,1H3. The Morgan fingerprint density at radius 2 is 2.21 bits per heavy atom. The molecule has 2 N–H and O–H groups in total. The summed E-state index contributed by atoms with van der Waals surface area (Å²) in [7, 11) is 0. The molecule has 0 bridgehead atoms. The van der Waals surface area contributed by atoms with E-state index < -0.39 is 0 Å². The molecule has 1 aliphatic carbocycles. The van der Waals surface area contributed by atoms with Crippen LogP contribution in [0.1, 0.15) is 39.0 Å². The average molecular weight is 195 g/mol. The minimum atomic E-state index is -0.260. The Kier molecular flexibility index (Phi) is 2.93. The minimum Gasteiger partial charge on any atom is -0.388 e. The Hall–Kier alpha value is -0.340. The van der Waals surface area contributed by atoms with Crippen molar-refractivity contribution < 1.29 is 5.11 Å². The molecule has 1 saturated carbocycles. The molecule has 0 radical (unpaired) electrons. The van der Waals surface area contributed by atoms with Crippen LogP contribution in [0.25, 0.3) is 0 Å². The highest BCUT2D eigenvalue weighted by Crippen LogP contribution is 2.42. The summed E-state index contributed by atoms with van der Waals surface area (Å²) in [6.07, 6.45) is 8.47. The second-order valence-electron chi connectivity index (χ2n) is 5.22. The van der Waals surface area contributed by atoms with Gasteiger partial charge in [0, 0.05) is 13.1 Å². The van der Waals surface area contributed by atoms with Crippen LogP contribution in [-0.4, -0.2) is 24.3 Å². The van der Waals surface area contributed by atoms with Crippen molar-refractivity contribution in [2.45, 2.75) is 45.1 Å². The zero-order valence-corrected chi connectivity index (χ0v) is 9.05. The molecule has 2 rings (SSSR count). The fraction of sp³-hybridized carbons (Fsp3) is 0.833. The van der Waals surface area contributed by atoms with Crippen molar-refractivity contribution in [3.8, 4) is 0 Å². The molecule has 1 fully saturated rings. The van der Waals surface area contributed by atoms with Crippen LogP contribution in [0.5, 0.6) is 0 Å². The quantitative estimate of drug-likeness (QED) is 0.659. The fourth-order valence-corrected chi connectivity index (χ4v) is 2.85. The van der Waals surface area contributed by atoms with Crippen molar-refractivity contribution >= 4 is 0 Å². The second-order valence-corrected chi connectivity index (χ2v) is 5.22. The molecule has 0 aromatic carbocycles. The molecule has 0 saturated heterocycles. The van der Waals surface area contributed by atoms with E-state index >= 15 is 0 Å². The number of aliphatic hydroxyl groups is 1. The van der Waals surface area contributed by atoms with Crippen LogP contribution in [0, 0.1) is 5.41 Å². The average Bonchev–Trinajstić information content (AvgIpc) is 2.51. The highest BCUT2D eigenvalue weighted by Gasteiger charge is 2.29. The SMILES string of the molecule is CC1(CC2=CC(O)CNC2)CCCC1. The van der Waals surface area contributed by atoms with Gasteiger partial charge in [0.15, 0.2) is 0 Å². The van der Waals surface area contributed by atoms with Crippen LogP contribution < -0.4 is 5.32 Å². The summed E-state index contributed by atoms with van der Waals surface area (Å²) in [5, 5.41) is 12.8. The van der Waals surface area contributed by atoms with Crippen molar-refractivity contribution in [2.24, 2.45) is 5.41 Å². The molecule has 1 aliphatic heterocycles. The monoisotopic (exact) mass is 195 g/mol. The first-order valence-electron chi connectivity index (χ1n) is 5.76. The smallest absolute Gasteiger partial charge is 0.0848 e. The first-order chi connectivity index (χ1) is 6.68. The van der Waals surface area contributed by atoms with E-state index in [-0.39, 0.29) is 6.10 Å². The Labute approximate surface area is 86.4 Å². The molecule has 80 valence electrons. The summed E-state index contributed by atoms with van der Waals surface area (Å²) >= 11 is 0. The third kappa shape index (κ3) is 2.37.